The van der Waals surface area contributed by atoms with Crippen LogP contribution in [0.4, 0.5) is 0 Å². The first-order valence-corrected chi connectivity index (χ1v) is 8.86. The molecule has 2 aromatic rings. The minimum absolute atomic E-state index is 0.332. The van der Waals surface area contributed by atoms with Gasteiger partial charge in [-0.1, -0.05) is 30.3 Å². The van der Waals surface area contributed by atoms with Crippen LogP contribution in [0.5, 0.6) is 0 Å². The highest BCUT2D eigenvalue weighted by Crippen LogP contribution is 2.33. The van der Waals surface area contributed by atoms with E-state index in [9.17, 15) is 5.11 Å². The van der Waals surface area contributed by atoms with Gasteiger partial charge in [0.2, 0.25) is 0 Å². The first-order valence-electron chi connectivity index (χ1n) is 8.86. The van der Waals surface area contributed by atoms with Crippen LogP contribution in [0.25, 0.3) is 0 Å². The van der Waals surface area contributed by atoms with E-state index in [2.05, 4.69) is 9.88 Å². The zero-order chi connectivity index (χ0) is 15.6. The first kappa shape index (κ1) is 14.9. The number of hydrogen-bond acceptors (Lipinski definition) is 3. The van der Waals surface area contributed by atoms with Gasteiger partial charge >= 0.3 is 0 Å². The number of hydrogen-bond donors (Lipinski definition) is 2. The number of likely N-dealkylation sites (tertiary alicyclic amines) is 1. The number of fused-ring (bicyclic) bond motifs is 1. The molecule has 0 radical (unpaired) electrons. The maximum absolute atomic E-state index is 10.5. The summed E-state index contributed by atoms with van der Waals surface area (Å²) < 4.78 is 0. The predicted molar refractivity (Wildman–Crippen MR) is 90.2 cm³/mol. The Bertz CT molecular complexity index is 628. The Morgan fingerprint density at radius 2 is 2.00 bits per heavy atom. The summed E-state index contributed by atoms with van der Waals surface area (Å²) in [6.45, 7) is 1.72. The number of H-pyrrole nitrogens is 1. The van der Waals surface area contributed by atoms with E-state index < -0.39 is 6.10 Å². The fourth-order valence-electron chi connectivity index (χ4n) is 3.99. The van der Waals surface area contributed by atoms with Crippen LogP contribution in [-0.2, 0) is 12.8 Å². The van der Waals surface area contributed by atoms with Crippen LogP contribution < -0.4 is 0 Å². The van der Waals surface area contributed by atoms with Crippen molar-refractivity contribution in [2.45, 2.75) is 50.7 Å². The third-order valence-corrected chi connectivity index (χ3v) is 5.24. The van der Waals surface area contributed by atoms with E-state index in [0.29, 0.717) is 12.6 Å². The molecule has 2 N–H and O–H groups in total. The van der Waals surface area contributed by atoms with Crippen molar-refractivity contribution in [1.29, 1.82) is 0 Å². The van der Waals surface area contributed by atoms with E-state index in [-0.39, 0.29) is 0 Å². The van der Waals surface area contributed by atoms with Crippen molar-refractivity contribution in [3.8, 4) is 0 Å². The second kappa shape index (κ2) is 6.46. The molecule has 1 aromatic carbocycles. The van der Waals surface area contributed by atoms with Crippen molar-refractivity contribution in [1.82, 2.24) is 14.9 Å². The lowest BCUT2D eigenvalue weighted by molar-refractivity contribution is 0.104. The molecule has 4 heteroatoms. The molecule has 0 bridgehead atoms. The number of aliphatic hydroxyl groups is 1. The molecule has 2 heterocycles. The molecule has 0 amide bonds. The molecular formula is C19H25N3O. The maximum Gasteiger partial charge on any atom is 0.124 e. The molecule has 122 valence electrons. The van der Waals surface area contributed by atoms with Gasteiger partial charge in [-0.25, -0.2) is 4.98 Å². The SMILES string of the molecule is OC(CN1CCCC1c1nc2c([nH]1)CCCC2)c1ccccc1. The number of β-amino-alcohol motifs (C(OH)–C–C–N with tert-alkyl or cyclic N) is 1. The van der Waals surface area contributed by atoms with Gasteiger partial charge in [-0.2, -0.15) is 0 Å². The average Bonchev–Trinajstić information content (AvgIpc) is 3.21. The van der Waals surface area contributed by atoms with Crippen molar-refractivity contribution in [2.24, 2.45) is 0 Å². The second-order valence-corrected chi connectivity index (χ2v) is 6.83. The number of aryl methyl sites for hydroxylation is 2. The summed E-state index contributed by atoms with van der Waals surface area (Å²) in [7, 11) is 0. The first-order chi connectivity index (χ1) is 11.3. The van der Waals surface area contributed by atoms with Crippen LogP contribution in [0.3, 0.4) is 0 Å². The highest BCUT2D eigenvalue weighted by atomic mass is 16.3. The summed E-state index contributed by atoms with van der Waals surface area (Å²) in [5, 5.41) is 10.5. The van der Waals surface area contributed by atoms with Gasteiger partial charge in [-0.15, -0.1) is 0 Å². The Morgan fingerprint density at radius 3 is 2.83 bits per heavy atom. The van der Waals surface area contributed by atoms with E-state index in [1.165, 1.54) is 30.7 Å². The predicted octanol–water partition coefficient (Wildman–Crippen LogP) is 3.16. The third-order valence-electron chi connectivity index (χ3n) is 5.24. The lowest BCUT2D eigenvalue weighted by Crippen LogP contribution is -2.29. The Kier molecular flexibility index (Phi) is 4.19. The molecular weight excluding hydrogens is 286 g/mol. The van der Waals surface area contributed by atoms with Crippen molar-refractivity contribution in [3.05, 3.63) is 53.1 Å². The molecule has 0 saturated carbocycles. The number of aromatic nitrogens is 2. The van der Waals surface area contributed by atoms with Crippen LogP contribution in [0.15, 0.2) is 30.3 Å². The van der Waals surface area contributed by atoms with Crippen molar-refractivity contribution < 1.29 is 5.11 Å². The zero-order valence-corrected chi connectivity index (χ0v) is 13.5. The number of aliphatic hydroxyl groups excluding tert-OH is 1. The van der Waals surface area contributed by atoms with Crippen LogP contribution >= 0.6 is 0 Å². The van der Waals surface area contributed by atoms with Crippen LogP contribution in [0.2, 0.25) is 0 Å². The van der Waals surface area contributed by atoms with Gasteiger partial charge in [0.15, 0.2) is 0 Å². The summed E-state index contributed by atoms with van der Waals surface area (Å²) in [6, 6.07) is 10.3. The smallest absolute Gasteiger partial charge is 0.124 e. The Morgan fingerprint density at radius 1 is 1.17 bits per heavy atom. The van der Waals surface area contributed by atoms with E-state index >= 15 is 0 Å². The molecule has 1 fully saturated rings. The minimum Gasteiger partial charge on any atom is -0.387 e. The second-order valence-electron chi connectivity index (χ2n) is 6.83. The minimum atomic E-state index is -0.429. The molecule has 2 unspecified atom stereocenters. The van der Waals surface area contributed by atoms with Gasteiger partial charge in [-0.05, 0) is 50.6 Å². The lowest BCUT2D eigenvalue weighted by Gasteiger charge is -2.25. The summed E-state index contributed by atoms with van der Waals surface area (Å²) in [4.78, 5) is 10.9. The molecule has 1 saturated heterocycles. The van der Waals surface area contributed by atoms with Gasteiger partial charge < -0.3 is 10.1 Å². The molecule has 1 aliphatic carbocycles. The van der Waals surface area contributed by atoms with Crippen LogP contribution in [-0.4, -0.2) is 33.1 Å². The zero-order valence-electron chi connectivity index (χ0n) is 13.5. The number of imidazole rings is 1. The van der Waals surface area contributed by atoms with E-state index in [1.54, 1.807) is 0 Å². The standard InChI is InChI=1S/C19H25N3O/c23-18(14-7-2-1-3-8-14)13-22-12-6-11-17(22)19-20-15-9-4-5-10-16(15)21-19/h1-3,7-8,17-18,23H,4-6,9-13H2,(H,20,21). The average molecular weight is 311 g/mol. The van der Waals surface area contributed by atoms with E-state index in [4.69, 9.17) is 4.98 Å². The molecule has 4 nitrogen and oxygen atoms in total. The van der Waals surface area contributed by atoms with Gasteiger partial charge in [0.25, 0.3) is 0 Å². The third kappa shape index (κ3) is 3.06. The molecule has 23 heavy (non-hydrogen) atoms. The number of aromatic amines is 1. The van der Waals surface area contributed by atoms with Gasteiger partial charge in [0.05, 0.1) is 17.8 Å². The molecule has 1 aliphatic heterocycles. The topological polar surface area (TPSA) is 52.1 Å². The fourth-order valence-corrected chi connectivity index (χ4v) is 3.99. The molecule has 1 aromatic heterocycles. The summed E-state index contributed by atoms with van der Waals surface area (Å²) in [5.74, 6) is 1.12. The highest BCUT2D eigenvalue weighted by Gasteiger charge is 2.31. The Balaban J connectivity index is 1.49. The molecule has 2 aliphatic rings. The summed E-state index contributed by atoms with van der Waals surface area (Å²) >= 11 is 0. The molecule has 4 rings (SSSR count). The quantitative estimate of drug-likeness (QED) is 0.912. The van der Waals surface area contributed by atoms with Gasteiger partial charge in [0.1, 0.15) is 5.82 Å². The van der Waals surface area contributed by atoms with Crippen molar-refractivity contribution in [3.63, 3.8) is 0 Å². The molecule has 2 atom stereocenters. The fraction of sp³-hybridized carbons (Fsp3) is 0.526. The van der Waals surface area contributed by atoms with E-state index in [0.717, 1.165) is 37.2 Å². The number of nitrogens with zero attached hydrogens (tertiary/aromatic N) is 2. The largest absolute Gasteiger partial charge is 0.387 e. The van der Waals surface area contributed by atoms with Gasteiger partial charge in [-0.3, -0.25) is 4.90 Å². The van der Waals surface area contributed by atoms with E-state index in [1.807, 2.05) is 30.3 Å². The number of nitrogens with one attached hydrogen (secondary N) is 1. The Labute approximate surface area is 137 Å². The number of rotatable bonds is 4. The monoisotopic (exact) mass is 311 g/mol. The summed E-state index contributed by atoms with van der Waals surface area (Å²) in [6.07, 6.45) is 6.67. The summed E-state index contributed by atoms with van der Waals surface area (Å²) in [5.41, 5.74) is 3.63. The number of benzene rings is 1. The highest BCUT2D eigenvalue weighted by molar-refractivity contribution is 5.20. The normalized spacial score (nSPS) is 22.9. The van der Waals surface area contributed by atoms with Crippen LogP contribution in [0.1, 0.15) is 60.6 Å². The van der Waals surface area contributed by atoms with Crippen molar-refractivity contribution in [2.75, 3.05) is 13.1 Å². The van der Waals surface area contributed by atoms with Gasteiger partial charge in [0, 0.05) is 12.2 Å². The van der Waals surface area contributed by atoms with Crippen LogP contribution in [0, 0.1) is 0 Å². The molecule has 0 spiro atoms. The maximum atomic E-state index is 10.5. The lowest BCUT2D eigenvalue weighted by atomic mass is 10.0. The Hall–Kier alpha value is -1.65. The van der Waals surface area contributed by atoms with Crippen molar-refractivity contribution >= 4 is 0 Å².